The van der Waals surface area contributed by atoms with Crippen LogP contribution in [0, 0.1) is 0 Å². The van der Waals surface area contributed by atoms with E-state index in [1.54, 1.807) is 12.1 Å². The second-order valence-electron chi connectivity index (χ2n) is 6.17. The van der Waals surface area contributed by atoms with Gasteiger partial charge in [-0.3, -0.25) is 4.79 Å². The van der Waals surface area contributed by atoms with Gasteiger partial charge in [0.05, 0.1) is 10.4 Å². The molecular formula is C20H16Cl2O4. The van der Waals surface area contributed by atoms with Crippen LogP contribution in [0.15, 0.2) is 49.1 Å². The topological polar surface area (TPSA) is 63.6 Å². The average molecular weight is 391 g/mol. The van der Waals surface area contributed by atoms with Crippen LogP contribution in [0.1, 0.15) is 27.9 Å². The number of halogens is 2. The number of hydrogen-bond acceptors (Lipinski definition) is 3. The Kier molecular flexibility index (Phi) is 5.08. The molecule has 3 rings (SSSR count). The molecule has 0 saturated carbocycles. The molecule has 26 heavy (non-hydrogen) atoms. The Balaban J connectivity index is 2.11. The third-order valence-corrected chi connectivity index (χ3v) is 5.43. The van der Waals surface area contributed by atoms with E-state index in [0.717, 1.165) is 5.56 Å². The molecular weight excluding hydrogens is 375 g/mol. The van der Waals surface area contributed by atoms with Gasteiger partial charge in [-0.15, -0.1) is 6.58 Å². The van der Waals surface area contributed by atoms with Crippen molar-refractivity contribution in [1.29, 1.82) is 0 Å². The van der Waals surface area contributed by atoms with E-state index in [2.05, 4.69) is 6.58 Å². The number of hydrogen-bond donors (Lipinski definition) is 1. The zero-order valence-corrected chi connectivity index (χ0v) is 15.3. The van der Waals surface area contributed by atoms with E-state index in [0.29, 0.717) is 24.0 Å². The molecule has 0 fully saturated rings. The Morgan fingerprint density at radius 1 is 1.27 bits per heavy atom. The van der Waals surface area contributed by atoms with Gasteiger partial charge in [0.25, 0.3) is 0 Å². The maximum absolute atomic E-state index is 13.3. The van der Waals surface area contributed by atoms with Crippen molar-refractivity contribution in [1.82, 2.24) is 0 Å². The van der Waals surface area contributed by atoms with Gasteiger partial charge < -0.3 is 9.84 Å². The molecule has 0 amide bonds. The van der Waals surface area contributed by atoms with Crippen LogP contribution in [0.4, 0.5) is 0 Å². The maximum atomic E-state index is 13.3. The first-order valence-electron chi connectivity index (χ1n) is 7.97. The van der Waals surface area contributed by atoms with Crippen LogP contribution in [0.25, 0.3) is 0 Å². The highest BCUT2D eigenvalue weighted by molar-refractivity contribution is 6.45. The minimum atomic E-state index is -1.13. The van der Waals surface area contributed by atoms with Gasteiger partial charge in [0.1, 0.15) is 10.8 Å². The first-order valence-corrected chi connectivity index (χ1v) is 8.73. The lowest BCUT2D eigenvalue weighted by molar-refractivity contribution is -0.139. The number of ether oxygens (including phenoxy) is 1. The fraction of sp³-hybridized carbons (Fsp3) is 0.200. The number of carboxylic acids is 1. The lowest BCUT2D eigenvalue weighted by Crippen LogP contribution is -2.32. The molecule has 0 aromatic heterocycles. The van der Waals surface area contributed by atoms with Crippen LogP contribution < -0.4 is 4.74 Å². The van der Waals surface area contributed by atoms with E-state index in [-0.39, 0.29) is 21.6 Å². The number of rotatable bonds is 6. The molecule has 0 radical (unpaired) electrons. The van der Waals surface area contributed by atoms with Crippen LogP contribution >= 0.6 is 23.2 Å². The summed E-state index contributed by atoms with van der Waals surface area (Å²) in [6.07, 6.45) is 2.58. The molecule has 1 atom stereocenters. The first kappa shape index (κ1) is 18.5. The quantitative estimate of drug-likeness (QED) is 0.725. The van der Waals surface area contributed by atoms with Crippen molar-refractivity contribution >= 4 is 35.0 Å². The number of fused-ring (bicyclic) bond motifs is 1. The Morgan fingerprint density at radius 2 is 1.96 bits per heavy atom. The Hall–Kier alpha value is -2.30. The maximum Gasteiger partial charge on any atom is 0.341 e. The molecule has 2 aromatic carbocycles. The van der Waals surface area contributed by atoms with Gasteiger partial charge in [-0.05, 0) is 30.0 Å². The van der Waals surface area contributed by atoms with Crippen LogP contribution in [0.2, 0.25) is 10.0 Å². The second-order valence-corrected chi connectivity index (χ2v) is 6.92. The molecule has 1 aliphatic carbocycles. The van der Waals surface area contributed by atoms with Crippen LogP contribution in [0.3, 0.4) is 0 Å². The monoisotopic (exact) mass is 390 g/mol. The van der Waals surface area contributed by atoms with E-state index in [4.69, 9.17) is 33.0 Å². The van der Waals surface area contributed by atoms with Gasteiger partial charge in [0.15, 0.2) is 12.4 Å². The van der Waals surface area contributed by atoms with E-state index < -0.39 is 18.0 Å². The molecule has 6 heteroatoms. The van der Waals surface area contributed by atoms with Gasteiger partial charge in [0.2, 0.25) is 0 Å². The average Bonchev–Trinajstić information content (AvgIpc) is 2.91. The largest absolute Gasteiger partial charge is 0.480 e. The van der Waals surface area contributed by atoms with Crippen LogP contribution in [-0.4, -0.2) is 23.5 Å². The van der Waals surface area contributed by atoms with E-state index in [1.165, 1.54) is 0 Å². The minimum absolute atomic E-state index is 0.0440. The number of carbonyl (C=O) groups excluding carboxylic acids is 1. The summed E-state index contributed by atoms with van der Waals surface area (Å²) in [5, 5.41) is 8.94. The summed E-state index contributed by atoms with van der Waals surface area (Å²) < 4.78 is 5.23. The molecule has 1 N–H and O–H groups in total. The predicted molar refractivity (Wildman–Crippen MR) is 101 cm³/mol. The predicted octanol–water partition coefficient (Wildman–Crippen LogP) is 4.71. The Morgan fingerprint density at radius 3 is 2.58 bits per heavy atom. The molecule has 0 heterocycles. The standard InChI is InChI=1S/C20H16Cl2O4/c1-2-8-20(13-6-4-3-5-7-13)10-12-9-14(26-11-15(23)24)17(21)18(22)16(12)19(20)25/h2-7,9H,1,8,10-11H2,(H,23,24). The van der Waals surface area contributed by atoms with Crippen molar-refractivity contribution < 1.29 is 19.4 Å². The summed E-state index contributed by atoms with van der Waals surface area (Å²) in [4.78, 5) is 24.1. The molecule has 0 saturated heterocycles. The molecule has 134 valence electrons. The number of aliphatic carboxylic acids is 1. The molecule has 4 nitrogen and oxygen atoms in total. The van der Waals surface area contributed by atoms with Gasteiger partial charge in [-0.1, -0.05) is 59.6 Å². The van der Waals surface area contributed by atoms with Gasteiger partial charge in [-0.2, -0.15) is 0 Å². The Bertz CT molecular complexity index is 892. The Labute approximate surface area is 161 Å². The number of ketones is 1. The summed E-state index contributed by atoms with van der Waals surface area (Å²) in [6.45, 7) is 3.25. The summed E-state index contributed by atoms with van der Waals surface area (Å²) >= 11 is 12.6. The van der Waals surface area contributed by atoms with Crippen molar-refractivity contribution in [2.75, 3.05) is 6.61 Å². The highest BCUT2D eigenvalue weighted by atomic mass is 35.5. The van der Waals surface area contributed by atoms with Crippen molar-refractivity contribution in [3.63, 3.8) is 0 Å². The third-order valence-electron chi connectivity index (χ3n) is 4.58. The van der Waals surface area contributed by atoms with Crippen molar-refractivity contribution in [2.45, 2.75) is 18.3 Å². The summed E-state index contributed by atoms with van der Waals surface area (Å²) in [5.41, 5.74) is 1.13. The highest BCUT2D eigenvalue weighted by Gasteiger charge is 2.47. The van der Waals surface area contributed by atoms with Crippen LogP contribution in [-0.2, 0) is 16.6 Å². The van der Waals surface area contributed by atoms with Crippen molar-refractivity contribution in [3.05, 3.63) is 75.8 Å². The van der Waals surface area contributed by atoms with Gasteiger partial charge in [-0.25, -0.2) is 4.79 Å². The van der Waals surface area contributed by atoms with E-state index in [1.807, 2.05) is 30.3 Å². The van der Waals surface area contributed by atoms with E-state index in [9.17, 15) is 9.59 Å². The number of carboxylic acid groups (broad SMARTS) is 1. The highest BCUT2D eigenvalue weighted by Crippen LogP contribution is 2.48. The number of Topliss-reactive ketones (excluding diaryl/α,β-unsaturated/α-hetero) is 1. The first-order chi connectivity index (χ1) is 12.4. The molecule has 1 aliphatic rings. The zero-order chi connectivity index (χ0) is 18.9. The normalized spacial score (nSPS) is 18.5. The fourth-order valence-corrected chi connectivity index (χ4v) is 3.95. The molecule has 0 aliphatic heterocycles. The van der Waals surface area contributed by atoms with Crippen molar-refractivity contribution in [3.8, 4) is 5.75 Å². The number of carbonyl (C=O) groups is 2. The van der Waals surface area contributed by atoms with Gasteiger partial charge in [0, 0.05) is 5.56 Å². The third kappa shape index (κ3) is 3.00. The SMILES string of the molecule is C=CCC1(c2ccccc2)Cc2cc(OCC(=O)O)c(Cl)c(Cl)c2C1=O. The molecule has 0 spiro atoms. The summed E-state index contributed by atoms with van der Waals surface area (Å²) in [5.74, 6) is -1.08. The van der Waals surface area contributed by atoms with Gasteiger partial charge >= 0.3 is 5.97 Å². The summed E-state index contributed by atoms with van der Waals surface area (Å²) in [6, 6.07) is 11.1. The minimum Gasteiger partial charge on any atom is -0.480 e. The molecule has 2 aromatic rings. The molecule has 1 unspecified atom stereocenters. The number of allylic oxidation sites excluding steroid dienone is 1. The second kappa shape index (κ2) is 7.14. The lowest BCUT2D eigenvalue weighted by atomic mass is 9.74. The zero-order valence-electron chi connectivity index (χ0n) is 13.8. The smallest absolute Gasteiger partial charge is 0.341 e. The van der Waals surface area contributed by atoms with Crippen LogP contribution in [0.5, 0.6) is 5.75 Å². The lowest BCUT2D eigenvalue weighted by Gasteiger charge is -2.26. The van der Waals surface area contributed by atoms with Crippen molar-refractivity contribution in [2.24, 2.45) is 0 Å². The van der Waals surface area contributed by atoms with E-state index >= 15 is 0 Å². The fourth-order valence-electron chi connectivity index (χ4n) is 3.45. The molecule has 0 bridgehead atoms. The summed E-state index contributed by atoms with van der Waals surface area (Å²) in [7, 11) is 0. The number of benzene rings is 2.